The zero-order chi connectivity index (χ0) is 14.3. The van der Waals surface area contributed by atoms with Crippen molar-refractivity contribution < 1.29 is 19.4 Å². The summed E-state index contributed by atoms with van der Waals surface area (Å²) in [6, 6.07) is 0. The second-order valence-corrected chi connectivity index (χ2v) is 4.74. The smallest absolute Gasteiger partial charge is 0.310 e. The number of aliphatic hydroxyl groups is 1. The molecule has 2 atom stereocenters. The second-order valence-electron chi connectivity index (χ2n) is 4.74. The highest BCUT2D eigenvalue weighted by molar-refractivity contribution is 5.88. The summed E-state index contributed by atoms with van der Waals surface area (Å²) in [5.74, 6) is -0.981. The molecule has 0 radical (unpaired) electrons. The van der Waals surface area contributed by atoms with E-state index in [1.165, 1.54) is 18.1 Å². The highest BCUT2D eigenvalue weighted by atomic mass is 16.5. The molecule has 0 aliphatic carbocycles. The van der Waals surface area contributed by atoms with E-state index in [1.807, 2.05) is 13.8 Å². The van der Waals surface area contributed by atoms with Gasteiger partial charge in [-0.05, 0) is 20.8 Å². The van der Waals surface area contributed by atoms with Crippen LogP contribution < -0.4 is 0 Å². The van der Waals surface area contributed by atoms with Crippen LogP contribution in [-0.4, -0.2) is 48.2 Å². The number of ether oxygens (including phenoxy) is 1. The molecule has 0 saturated carbocycles. The number of esters is 1. The van der Waals surface area contributed by atoms with Crippen molar-refractivity contribution in [1.29, 1.82) is 0 Å². The van der Waals surface area contributed by atoms with Gasteiger partial charge in [0.1, 0.15) is 0 Å². The number of rotatable bonds is 6. The Hall–Kier alpha value is -1.36. The molecule has 104 valence electrons. The number of aliphatic hydroxyl groups excluding tert-OH is 1. The van der Waals surface area contributed by atoms with Gasteiger partial charge in [-0.1, -0.05) is 12.5 Å². The number of allylic oxidation sites excluding steroid dienone is 1. The zero-order valence-corrected chi connectivity index (χ0v) is 11.8. The van der Waals surface area contributed by atoms with Crippen molar-refractivity contribution in [3.63, 3.8) is 0 Å². The first-order valence-corrected chi connectivity index (χ1v) is 5.97. The number of carbonyl (C=O) groups excluding carboxylic acids is 2. The Morgan fingerprint density at radius 1 is 1.28 bits per heavy atom. The quantitative estimate of drug-likeness (QED) is 0.569. The maximum atomic E-state index is 11.9. The first kappa shape index (κ1) is 16.6. The van der Waals surface area contributed by atoms with E-state index in [0.717, 1.165) is 5.57 Å². The topological polar surface area (TPSA) is 66.8 Å². The summed E-state index contributed by atoms with van der Waals surface area (Å²) < 4.78 is 4.62. The molecule has 0 aromatic rings. The lowest BCUT2D eigenvalue weighted by Crippen LogP contribution is -2.40. The van der Waals surface area contributed by atoms with Crippen LogP contribution in [0.4, 0.5) is 0 Å². The number of hydrogen-bond donors (Lipinski definition) is 1. The van der Waals surface area contributed by atoms with Crippen LogP contribution in [0, 0.1) is 5.92 Å². The minimum atomic E-state index is -0.635. The molecule has 0 aromatic heterocycles. The molecule has 1 amide bonds. The Balaban J connectivity index is 4.74. The molecule has 2 unspecified atom stereocenters. The molecule has 0 aliphatic heterocycles. The van der Waals surface area contributed by atoms with E-state index in [0.29, 0.717) is 0 Å². The summed E-state index contributed by atoms with van der Waals surface area (Å²) in [7, 11) is 1.32. The molecule has 5 heteroatoms. The van der Waals surface area contributed by atoms with Gasteiger partial charge in [-0.15, -0.1) is 0 Å². The van der Waals surface area contributed by atoms with E-state index in [-0.39, 0.29) is 25.0 Å². The minimum absolute atomic E-state index is 0.198. The summed E-state index contributed by atoms with van der Waals surface area (Å²) >= 11 is 0. The average molecular weight is 257 g/mol. The monoisotopic (exact) mass is 257 g/mol. The van der Waals surface area contributed by atoms with Gasteiger partial charge in [0.05, 0.1) is 19.1 Å². The van der Waals surface area contributed by atoms with Crippen LogP contribution in [-0.2, 0) is 14.3 Å². The van der Waals surface area contributed by atoms with Crippen molar-refractivity contribution in [2.24, 2.45) is 5.92 Å². The van der Waals surface area contributed by atoms with Crippen LogP contribution in [0.25, 0.3) is 0 Å². The summed E-state index contributed by atoms with van der Waals surface area (Å²) in [6.45, 7) is 7.37. The number of carbonyl (C=O) groups is 2. The molecule has 0 bridgehead atoms. The molecule has 0 spiro atoms. The van der Waals surface area contributed by atoms with Crippen molar-refractivity contribution in [2.45, 2.75) is 33.8 Å². The maximum absolute atomic E-state index is 11.9. The van der Waals surface area contributed by atoms with Crippen LogP contribution in [0.15, 0.2) is 11.6 Å². The summed E-state index contributed by atoms with van der Waals surface area (Å²) in [4.78, 5) is 24.7. The van der Waals surface area contributed by atoms with Gasteiger partial charge in [0, 0.05) is 19.2 Å². The molecule has 0 rings (SSSR count). The molecule has 18 heavy (non-hydrogen) atoms. The summed E-state index contributed by atoms with van der Waals surface area (Å²) in [6.07, 6.45) is 0.858. The van der Waals surface area contributed by atoms with Crippen LogP contribution in [0.2, 0.25) is 0 Å². The normalized spacial score (nSPS) is 13.4. The number of methoxy groups -OCH3 is 1. The third-order valence-electron chi connectivity index (χ3n) is 2.31. The molecule has 0 aliphatic rings. The SMILES string of the molecule is COC(=O)C(C)CN(CC(C)O)C(=O)C=C(C)C. The standard InChI is InChI=1S/C13H23NO4/c1-9(2)6-12(16)14(8-11(4)15)7-10(3)13(17)18-5/h6,10-11,15H,7-8H2,1-5H3. The lowest BCUT2D eigenvalue weighted by molar-refractivity contribution is -0.146. The summed E-state index contributed by atoms with van der Waals surface area (Å²) in [5, 5.41) is 9.38. The molecule has 0 fully saturated rings. The third kappa shape index (κ3) is 6.39. The van der Waals surface area contributed by atoms with Crippen LogP contribution in [0.5, 0.6) is 0 Å². The Morgan fingerprint density at radius 2 is 1.83 bits per heavy atom. The number of nitrogens with zero attached hydrogens (tertiary/aromatic N) is 1. The Morgan fingerprint density at radius 3 is 2.22 bits per heavy atom. The van der Waals surface area contributed by atoms with E-state index in [1.54, 1.807) is 13.8 Å². The summed E-state index contributed by atoms with van der Waals surface area (Å²) in [5.41, 5.74) is 0.876. The third-order valence-corrected chi connectivity index (χ3v) is 2.31. The van der Waals surface area contributed by atoms with Gasteiger partial charge in [-0.2, -0.15) is 0 Å². The van der Waals surface area contributed by atoms with Gasteiger partial charge >= 0.3 is 5.97 Å². The van der Waals surface area contributed by atoms with E-state index in [9.17, 15) is 14.7 Å². The predicted octanol–water partition coefficient (Wildman–Crippen LogP) is 0.971. The van der Waals surface area contributed by atoms with Gasteiger partial charge in [0.2, 0.25) is 5.91 Å². The predicted molar refractivity (Wildman–Crippen MR) is 68.9 cm³/mol. The fraction of sp³-hybridized carbons (Fsp3) is 0.692. The van der Waals surface area contributed by atoms with E-state index in [4.69, 9.17) is 0 Å². The van der Waals surface area contributed by atoms with Gasteiger partial charge < -0.3 is 14.7 Å². The van der Waals surface area contributed by atoms with Crippen molar-refractivity contribution in [1.82, 2.24) is 4.90 Å². The van der Waals surface area contributed by atoms with Crippen molar-refractivity contribution in [3.8, 4) is 0 Å². The highest BCUT2D eigenvalue weighted by Crippen LogP contribution is 2.06. The van der Waals surface area contributed by atoms with Gasteiger partial charge in [-0.3, -0.25) is 9.59 Å². The fourth-order valence-electron chi connectivity index (χ4n) is 1.52. The zero-order valence-electron chi connectivity index (χ0n) is 11.8. The molecule has 0 aromatic carbocycles. The minimum Gasteiger partial charge on any atom is -0.469 e. The van der Waals surface area contributed by atoms with Crippen molar-refractivity contribution >= 4 is 11.9 Å². The fourth-order valence-corrected chi connectivity index (χ4v) is 1.52. The molecule has 0 saturated heterocycles. The molecular formula is C13H23NO4. The van der Waals surface area contributed by atoms with Crippen LogP contribution in [0.3, 0.4) is 0 Å². The Labute approximate surface area is 108 Å². The average Bonchev–Trinajstić information content (AvgIpc) is 2.25. The lowest BCUT2D eigenvalue weighted by atomic mass is 10.1. The van der Waals surface area contributed by atoms with Crippen molar-refractivity contribution in [3.05, 3.63) is 11.6 Å². The van der Waals surface area contributed by atoms with E-state index >= 15 is 0 Å². The van der Waals surface area contributed by atoms with Crippen molar-refractivity contribution in [2.75, 3.05) is 20.2 Å². The molecular weight excluding hydrogens is 234 g/mol. The van der Waals surface area contributed by atoms with E-state index in [2.05, 4.69) is 4.74 Å². The number of hydrogen-bond acceptors (Lipinski definition) is 4. The first-order valence-electron chi connectivity index (χ1n) is 5.97. The molecule has 5 nitrogen and oxygen atoms in total. The van der Waals surface area contributed by atoms with E-state index < -0.39 is 12.0 Å². The van der Waals surface area contributed by atoms with Gasteiger partial charge in [0.25, 0.3) is 0 Å². The largest absolute Gasteiger partial charge is 0.469 e. The van der Waals surface area contributed by atoms with Gasteiger partial charge in [0.15, 0.2) is 0 Å². The van der Waals surface area contributed by atoms with Crippen LogP contribution in [0.1, 0.15) is 27.7 Å². The highest BCUT2D eigenvalue weighted by Gasteiger charge is 2.21. The van der Waals surface area contributed by atoms with Crippen LogP contribution >= 0.6 is 0 Å². The molecule has 1 N–H and O–H groups in total. The first-order chi connectivity index (χ1) is 8.27. The molecule has 0 heterocycles. The second kappa shape index (κ2) is 7.87. The Bertz CT molecular complexity index is 319. The Kier molecular flexibility index (Phi) is 7.27. The maximum Gasteiger partial charge on any atom is 0.310 e. The number of amides is 1. The van der Waals surface area contributed by atoms with Gasteiger partial charge in [-0.25, -0.2) is 0 Å². The lowest BCUT2D eigenvalue weighted by Gasteiger charge is -2.25.